The number of anilines is 1. The van der Waals surface area contributed by atoms with Crippen LogP contribution in [-0.2, 0) is 4.79 Å². The lowest BCUT2D eigenvalue weighted by Gasteiger charge is -2.06. The van der Waals surface area contributed by atoms with Crippen molar-refractivity contribution in [1.82, 2.24) is 4.98 Å². The number of nitrogens with one attached hydrogen (secondary N) is 1. The second-order valence-corrected chi connectivity index (χ2v) is 5.83. The summed E-state index contributed by atoms with van der Waals surface area (Å²) in [7, 11) is 0. The van der Waals surface area contributed by atoms with Crippen LogP contribution in [-0.4, -0.2) is 26.6 Å². The minimum atomic E-state index is -0.523. The number of thioether (sulfide) groups is 1. The summed E-state index contributed by atoms with van der Waals surface area (Å²) in [5, 5.41) is 13.8. The highest BCUT2D eigenvalue weighted by atomic mass is 32.2. The fraction of sp³-hybridized carbons (Fsp3) is 0.0714. The highest BCUT2D eigenvalue weighted by Gasteiger charge is 2.08. The Labute approximate surface area is 141 Å². The lowest BCUT2D eigenvalue weighted by molar-refractivity contribution is -0.385. The third-order valence-corrected chi connectivity index (χ3v) is 3.92. The molecule has 7 nitrogen and oxygen atoms in total. The average molecular weight is 348 g/mol. The van der Waals surface area contributed by atoms with E-state index in [1.54, 1.807) is 24.3 Å². The Morgan fingerprint density at radius 3 is 2.52 bits per heavy atom. The fourth-order valence-electron chi connectivity index (χ4n) is 1.62. The number of pyridine rings is 1. The van der Waals surface area contributed by atoms with Gasteiger partial charge in [-0.3, -0.25) is 14.9 Å². The van der Waals surface area contributed by atoms with E-state index in [0.29, 0.717) is 15.7 Å². The number of nitro groups is 1. The molecule has 0 unspecified atom stereocenters. The van der Waals surface area contributed by atoms with E-state index in [1.807, 2.05) is 0 Å². The smallest absolute Gasteiger partial charge is 0.287 e. The lowest BCUT2D eigenvalue weighted by atomic mass is 10.2. The maximum absolute atomic E-state index is 11.9. The van der Waals surface area contributed by atoms with Gasteiger partial charge in [-0.15, -0.1) is 0 Å². The SMILES string of the molecule is NC(=S)c1ccc(NC(=O)CSc2ccc([N+](=O)[O-])cn2)cc1. The van der Waals surface area contributed by atoms with Crippen molar-refractivity contribution in [3.8, 4) is 0 Å². The molecule has 0 saturated heterocycles. The zero-order chi connectivity index (χ0) is 16.8. The van der Waals surface area contributed by atoms with Crippen molar-refractivity contribution in [2.75, 3.05) is 11.1 Å². The molecule has 0 atom stereocenters. The fourth-order valence-corrected chi connectivity index (χ4v) is 2.40. The van der Waals surface area contributed by atoms with Crippen LogP contribution in [0.1, 0.15) is 5.56 Å². The Hall–Kier alpha value is -2.52. The number of aromatic nitrogens is 1. The first kappa shape index (κ1) is 16.8. The molecule has 118 valence electrons. The molecule has 0 aliphatic rings. The number of carbonyl (C=O) groups is 1. The van der Waals surface area contributed by atoms with Gasteiger partial charge in [0.1, 0.15) is 11.2 Å². The third kappa shape index (κ3) is 5.01. The number of nitrogens with zero attached hydrogens (tertiary/aromatic N) is 2. The van der Waals surface area contributed by atoms with Gasteiger partial charge in [0.05, 0.1) is 15.7 Å². The molecule has 0 radical (unpaired) electrons. The molecule has 3 N–H and O–H groups in total. The Morgan fingerprint density at radius 1 is 1.30 bits per heavy atom. The van der Waals surface area contributed by atoms with E-state index >= 15 is 0 Å². The van der Waals surface area contributed by atoms with Gasteiger partial charge in [-0.2, -0.15) is 0 Å². The largest absolute Gasteiger partial charge is 0.389 e. The quantitative estimate of drug-likeness (QED) is 0.357. The first-order chi connectivity index (χ1) is 11.0. The van der Waals surface area contributed by atoms with Gasteiger partial charge in [-0.05, 0) is 30.3 Å². The summed E-state index contributed by atoms with van der Waals surface area (Å²) in [6.45, 7) is 0. The third-order valence-electron chi connectivity index (χ3n) is 2.74. The summed E-state index contributed by atoms with van der Waals surface area (Å²) in [5.41, 5.74) is 6.77. The minimum absolute atomic E-state index is 0.0864. The topological polar surface area (TPSA) is 111 Å². The second-order valence-electron chi connectivity index (χ2n) is 4.39. The molecular formula is C14H12N4O3S2. The summed E-state index contributed by atoms with van der Waals surface area (Å²) >= 11 is 6.04. The lowest BCUT2D eigenvalue weighted by Crippen LogP contribution is -2.14. The molecule has 2 rings (SSSR count). The number of hydrogen-bond donors (Lipinski definition) is 2. The number of amides is 1. The Morgan fingerprint density at radius 2 is 2.00 bits per heavy atom. The van der Waals surface area contributed by atoms with Crippen molar-refractivity contribution < 1.29 is 9.72 Å². The molecule has 1 aromatic heterocycles. The van der Waals surface area contributed by atoms with Crippen LogP contribution in [0.25, 0.3) is 0 Å². The Balaban J connectivity index is 1.87. The molecule has 23 heavy (non-hydrogen) atoms. The van der Waals surface area contributed by atoms with Crippen molar-refractivity contribution in [1.29, 1.82) is 0 Å². The van der Waals surface area contributed by atoms with E-state index in [9.17, 15) is 14.9 Å². The molecule has 1 heterocycles. The predicted octanol–water partition coefficient (Wildman–Crippen LogP) is 2.35. The van der Waals surface area contributed by atoms with E-state index in [-0.39, 0.29) is 17.3 Å². The van der Waals surface area contributed by atoms with E-state index < -0.39 is 4.92 Å². The monoisotopic (exact) mass is 348 g/mol. The van der Waals surface area contributed by atoms with E-state index in [1.165, 1.54) is 23.9 Å². The van der Waals surface area contributed by atoms with Gasteiger partial charge in [-0.25, -0.2) is 4.98 Å². The zero-order valence-electron chi connectivity index (χ0n) is 11.8. The van der Waals surface area contributed by atoms with Gasteiger partial charge in [0.25, 0.3) is 5.69 Å². The van der Waals surface area contributed by atoms with Gasteiger partial charge in [-0.1, -0.05) is 24.0 Å². The van der Waals surface area contributed by atoms with Crippen LogP contribution in [0.2, 0.25) is 0 Å². The summed E-state index contributed by atoms with van der Waals surface area (Å²) in [5.74, 6) is -0.0692. The van der Waals surface area contributed by atoms with Gasteiger partial charge in [0.15, 0.2) is 0 Å². The summed E-state index contributed by atoms with van der Waals surface area (Å²) in [6.07, 6.45) is 1.16. The highest BCUT2D eigenvalue weighted by molar-refractivity contribution is 7.99. The summed E-state index contributed by atoms with van der Waals surface area (Å²) in [6, 6.07) is 9.73. The molecule has 0 saturated carbocycles. The van der Waals surface area contributed by atoms with Gasteiger partial charge in [0.2, 0.25) is 5.91 Å². The van der Waals surface area contributed by atoms with Crippen LogP contribution in [0.3, 0.4) is 0 Å². The molecule has 2 aromatic rings. The van der Waals surface area contributed by atoms with E-state index in [2.05, 4.69) is 10.3 Å². The van der Waals surface area contributed by atoms with Crippen molar-refractivity contribution in [3.05, 3.63) is 58.3 Å². The molecule has 9 heteroatoms. The van der Waals surface area contributed by atoms with Gasteiger partial charge < -0.3 is 11.1 Å². The number of thiocarbonyl (C=S) groups is 1. The molecule has 1 aromatic carbocycles. The van der Waals surface area contributed by atoms with Crippen LogP contribution in [0.15, 0.2) is 47.6 Å². The highest BCUT2D eigenvalue weighted by Crippen LogP contribution is 2.18. The van der Waals surface area contributed by atoms with E-state index in [0.717, 1.165) is 11.8 Å². The van der Waals surface area contributed by atoms with Crippen molar-refractivity contribution >= 4 is 46.3 Å². The van der Waals surface area contributed by atoms with Crippen LogP contribution < -0.4 is 11.1 Å². The molecule has 0 aliphatic carbocycles. The zero-order valence-corrected chi connectivity index (χ0v) is 13.4. The Kier molecular flexibility index (Phi) is 5.61. The molecule has 0 bridgehead atoms. The minimum Gasteiger partial charge on any atom is -0.389 e. The van der Waals surface area contributed by atoms with Crippen molar-refractivity contribution in [2.24, 2.45) is 5.73 Å². The van der Waals surface area contributed by atoms with Gasteiger partial charge >= 0.3 is 0 Å². The number of carbonyl (C=O) groups excluding carboxylic acids is 1. The maximum atomic E-state index is 11.9. The van der Waals surface area contributed by atoms with Crippen molar-refractivity contribution in [3.63, 3.8) is 0 Å². The van der Waals surface area contributed by atoms with E-state index in [4.69, 9.17) is 18.0 Å². The first-order valence-electron chi connectivity index (χ1n) is 6.38. The first-order valence-corrected chi connectivity index (χ1v) is 7.78. The average Bonchev–Trinajstić information content (AvgIpc) is 2.54. The predicted molar refractivity (Wildman–Crippen MR) is 92.6 cm³/mol. The molecule has 1 amide bonds. The Bertz CT molecular complexity index is 733. The number of hydrogen-bond acceptors (Lipinski definition) is 6. The summed E-state index contributed by atoms with van der Waals surface area (Å²) < 4.78 is 0. The van der Waals surface area contributed by atoms with Crippen LogP contribution >= 0.6 is 24.0 Å². The normalized spacial score (nSPS) is 10.1. The van der Waals surface area contributed by atoms with Crippen LogP contribution in [0.5, 0.6) is 0 Å². The second kappa shape index (κ2) is 7.65. The molecule has 0 fully saturated rings. The molecule has 0 aliphatic heterocycles. The van der Waals surface area contributed by atoms with Crippen molar-refractivity contribution in [2.45, 2.75) is 5.03 Å². The number of benzene rings is 1. The molecule has 0 spiro atoms. The molecular weight excluding hydrogens is 336 g/mol. The van der Waals surface area contributed by atoms with Crippen LogP contribution in [0, 0.1) is 10.1 Å². The van der Waals surface area contributed by atoms with Crippen LogP contribution in [0.4, 0.5) is 11.4 Å². The van der Waals surface area contributed by atoms with Gasteiger partial charge in [0, 0.05) is 17.3 Å². The summed E-state index contributed by atoms with van der Waals surface area (Å²) in [4.78, 5) is 26.1. The maximum Gasteiger partial charge on any atom is 0.287 e. The number of nitrogens with two attached hydrogens (primary N) is 1. The standard InChI is InChI=1S/C14H12N4O3S2/c15-14(22)9-1-3-10(4-2-9)17-12(19)8-23-13-6-5-11(7-16-13)18(20)21/h1-7H,8H2,(H2,15,22)(H,17,19). The number of rotatable bonds is 6.